The molecule has 1 aliphatic carbocycles. The van der Waals surface area contributed by atoms with E-state index in [1.54, 1.807) is 0 Å². The van der Waals surface area contributed by atoms with E-state index in [0.717, 1.165) is 31.5 Å². The average molecular weight is 285 g/mol. The molecule has 1 fully saturated rings. The highest BCUT2D eigenvalue weighted by Gasteiger charge is 2.29. The van der Waals surface area contributed by atoms with Gasteiger partial charge in [-0.05, 0) is 24.8 Å². The SMILES string of the molecule is NC1(Cc2nc(CCc3ccccc3)no2)CCCCC1. The van der Waals surface area contributed by atoms with Crippen LogP contribution in [0.1, 0.15) is 49.4 Å². The Morgan fingerprint density at radius 2 is 1.81 bits per heavy atom. The summed E-state index contributed by atoms with van der Waals surface area (Å²) in [5.74, 6) is 1.48. The molecule has 3 rings (SSSR count). The van der Waals surface area contributed by atoms with E-state index in [1.165, 1.54) is 24.8 Å². The van der Waals surface area contributed by atoms with Crippen molar-refractivity contribution in [3.8, 4) is 0 Å². The third-order valence-electron chi connectivity index (χ3n) is 4.34. The highest BCUT2D eigenvalue weighted by Crippen LogP contribution is 2.28. The Morgan fingerprint density at radius 3 is 2.57 bits per heavy atom. The Bertz CT molecular complexity index is 558. The summed E-state index contributed by atoms with van der Waals surface area (Å²) in [4.78, 5) is 4.51. The largest absolute Gasteiger partial charge is 0.339 e. The van der Waals surface area contributed by atoms with Gasteiger partial charge in [-0.1, -0.05) is 54.8 Å². The van der Waals surface area contributed by atoms with Crippen molar-refractivity contribution in [1.82, 2.24) is 10.1 Å². The molecule has 21 heavy (non-hydrogen) atoms. The molecule has 1 aromatic carbocycles. The van der Waals surface area contributed by atoms with Crippen LogP contribution in [0.2, 0.25) is 0 Å². The number of nitrogens with two attached hydrogens (primary N) is 1. The van der Waals surface area contributed by atoms with E-state index < -0.39 is 0 Å². The lowest BCUT2D eigenvalue weighted by atomic mass is 9.80. The Labute approximate surface area is 125 Å². The number of aromatic nitrogens is 2. The maximum atomic E-state index is 6.44. The highest BCUT2D eigenvalue weighted by molar-refractivity contribution is 5.15. The standard InChI is InChI=1S/C17H23N3O/c18-17(11-5-2-6-12-17)13-16-19-15(20-21-16)10-9-14-7-3-1-4-8-14/h1,3-4,7-8H,2,5-6,9-13,18H2. The van der Waals surface area contributed by atoms with Crippen molar-refractivity contribution in [3.05, 3.63) is 47.6 Å². The van der Waals surface area contributed by atoms with Gasteiger partial charge in [-0.25, -0.2) is 0 Å². The van der Waals surface area contributed by atoms with Crippen LogP contribution in [0.15, 0.2) is 34.9 Å². The van der Waals surface area contributed by atoms with Gasteiger partial charge in [0.05, 0.1) is 0 Å². The topological polar surface area (TPSA) is 64.9 Å². The molecular weight excluding hydrogens is 262 g/mol. The minimum absolute atomic E-state index is 0.137. The molecule has 1 aliphatic rings. The van der Waals surface area contributed by atoms with Gasteiger partial charge in [0.2, 0.25) is 5.89 Å². The maximum Gasteiger partial charge on any atom is 0.228 e. The number of aryl methyl sites for hydroxylation is 2. The summed E-state index contributed by atoms with van der Waals surface area (Å²) in [6.07, 6.45) is 8.32. The summed E-state index contributed by atoms with van der Waals surface area (Å²) in [6, 6.07) is 10.4. The quantitative estimate of drug-likeness (QED) is 0.917. The number of rotatable bonds is 5. The molecule has 0 radical (unpaired) electrons. The van der Waals surface area contributed by atoms with Crippen molar-refractivity contribution in [2.45, 2.75) is 56.9 Å². The Kier molecular flexibility index (Phi) is 4.34. The van der Waals surface area contributed by atoms with Gasteiger partial charge in [0, 0.05) is 18.4 Å². The first kappa shape index (κ1) is 14.3. The molecule has 112 valence electrons. The van der Waals surface area contributed by atoms with Crippen molar-refractivity contribution in [1.29, 1.82) is 0 Å². The molecule has 0 spiro atoms. The van der Waals surface area contributed by atoms with E-state index in [-0.39, 0.29) is 5.54 Å². The maximum absolute atomic E-state index is 6.44. The zero-order valence-electron chi connectivity index (χ0n) is 12.4. The smallest absolute Gasteiger partial charge is 0.228 e. The Morgan fingerprint density at radius 1 is 1.05 bits per heavy atom. The van der Waals surface area contributed by atoms with E-state index in [1.807, 2.05) is 6.07 Å². The van der Waals surface area contributed by atoms with Gasteiger partial charge in [0.1, 0.15) is 0 Å². The summed E-state index contributed by atoms with van der Waals surface area (Å²) in [5.41, 5.74) is 7.60. The van der Waals surface area contributed by atoms with Crippen LogP contribution >= 0.6 is 0 Å². The van der Waals surface area contributed by atoms with Gasteiger partial charge in [-0.15, -0.1) is 0 Å². The van der Waals surface area contributed by atoms with Crippen LogP contribution in [-0.2, 0) is 19.3 Å². The molecule has 0 bridgehead atoms. The van der Waals surface area contributed by atoms with Crippen LogP contribution < -0.4 is 5.73 Å². The van der Waals surface area contributed by atoms with E-state index in [4.69, 9.17) is 10.3 Å². The first-order valence-corrected chi connectivity index (χ1v) is 7.88. The van der Waals surface area contributed by atoms with Gasteiger partial charge in [-0.3, -0.25) is 0 Å². The highest BCUT2D eigenvalue weighted by atomic mass is 16.5. The second kappa shape index (κ2) is 6.39. The van der Waals surface area contributed by atoms with Crippen molar-refractivity contribution < 1.29 is 4.52 Å². The summed E-state index contributed by atoms with van der Waals surface area (Å²) in [7, 11) is 0. The normalized spacial score (nSPS) is 17.8. The molecule has 1 saturated carbocycles. The van der Waals surface area contributed by atoms with Crippen LogP contribution in [0.4, 0.5) is 0 Å². The number of nitrogens with zero attached hydrogens (tertiary/aromatic N) is 2. The predicted molar refractivity (Wildman–Crippen MR) is 81.9 cm³/mol. The second-order valence-electron chi connectivity index (χ2n) is 6.19. The molecule has 1 heterocycles. The average Bonchev–Trinajstić information content (AvgIpc) is 2.94. The second-order valence-corrected chi connectivity index (χ2v) is 6.19. The summed E-state index contributed by atoms with van der Waals surface area (Å²) in [5, 5.41) is 4.09. The van der Waals surface area contributed by atoms with Gasteiger partial charge in [-0.2, -0.15) is 4.98 Å². The lowest BCUT2D eigenvalue weighted by molar-refractivity contribution is 0.260. The molecule has 2 N–H and O–H groups in total. The zero-order chi connectivity index (χ0) is 14.5. The lowest BCUT2D eigenvalue weighted by Crippen LogP contribution is -2.43. The number of benzene rings is 1. The third kappa shape index (κ3) is 3.91. The predicted octanol–water partition coefficient (Wildman–Crippen LogP) is 3.06. The molecule has 0 amide bonds. The van der Waals surface area contributed by atoms with Crippen LogP contribution in [-0.4, -0.2) is 15.7 Å². The van der Waals surface area contributed by atoms with Gasteiger partial charge in [0.15, 0.2) is 5.82 Å². The molecule has 4 heteroatoms. The summed E-state index contributed by atoms with van der Waals surface area (Å²) < 4.78 is 5.38. The van der Waals surface area contributed by atoms with E-state index in [0.29, 0.717) is 12.3 Å². The fourth-order valence-corrected chi connectivity index (χ4v) is 3.10. The van der Waals surface area contributed by atoms with Crippen molar-refractivity contribution in [2.75, 3.05) is 0 Å². The lowest BCUT2D eigenvalue weighted by Gasteiger charge is -2.31. The molecule has 0 unspecified atom stereocenters. The molecule has 0 aliphatic heterocycles. The summed E-state index contributed by atoms with van der Waals surface area (Å²) in [6.45, 7) is 0. The monoisotopic (exact) mass is 285 g/mol. The third-order valence-corrected chi connectivity index (χ3v) is 4.34. The Balaban J connectivity index is 1.56. The Hall–Kier alpha value is -1.68. The zero-order valence-corrected chi connectivity index (χ0v) is 12.4. The summed E-state index contributed by atoms with van der Waals surface area (Å²) >= 11 is 0. The van der Waals surface area contributed by atoms with Gasteiger partial charge < -0.3 is 10.3 Å². The fraction of sp³-hybridized carbons (Fsp3) is 0.529. The van der Waals surface area contributed by atoms with Crippen LogP contribution in [0.3, 0.4) is 0 Å². The number of hydrogen-bond donors (Lipinski definition) is 1. The van der Waals surface area contributed by atoms with Gasteiger partial charge >= 0.3 is 0 Å². The van der Waals surface area contributed by atoms with E-state index in [2.05, 4.69) is 34.4 Å². The first-order valence-electron chi connectivity index (χ1n) is 7.88. The van der Waals surface area contributed by atoms with E-state index >= 15 is 0 Å². The van der Waals surface area contributed by atoms with E-state index in [9.17, 15) is 0 Å². The minimum atomic E-state index is -0.137. The van der Waals surface area contributed by atoms with Crippen LogP contribution in [0.5, 0.6) is 0 Å². The molecule has 2 aromatic rings. The minimum Gasteiger partial charge on any atom is -0.339 e. The fourth-order valence-electron chi connectivity index (χ4n) is 3.10. The van der Waals surface area contributed by atoms with Crippen molar-refractivity contribution in [2.24, 2.45) is 5.73 Å². The number of hydrogen-bond acceptors (Lipinski definition) is 4. The van der Waals surface area contributed by atoms with Crippen LogP contribution in [0.25, 0.3) is 0 Å². The van der Waals surface area contributed by atoms with Gasteiger partial charge in [0.25, 0.3) is 0 Å². The first-order chi connectivity index (χ1) is 10.2. The molecular formula is C17H23N3O. The molecule has 4 nitrogen and oxygen atoms in total. The van der Waals surface area contributed by atoms with Crippen molar-refractivity contribution in [3.63, 3.8) is 0 Å². The van der Waals surface area contributed by atoms with Crippen molar-refractivity contribution >= 4 is 0 Å². The molecule has 0 atom stereocenters. The molecule has 0 saturated heterocycles. The van der Waals surface area contributed by atoms with Crippen LogP contribution in [0, 0.1) is 0 Å². The molecule has 1 aromatic heterocycles.